The van der Waals surface area contributed by atoms with Crippen LogP contribution in [0.1, 0.15) is 38.3 Å². The molecule has 0 saturated heterocycles. The summed E-state index contributed by atoms with van der Waals surface area (Å²) in [5, 5.41) is 7.52. The molecule has 0 aliphatic rings. The highest BCUT2D eigenvalue weighted by molar-refractivity contribution is 5.82. The number of nitrogens with zero attached hydrogens (tertiary/aromatic N) is 2. The Balaban J connectivity index is 2.33. The van der Waals surface area contributed by atoms with Crippen LogP contribution in [0.4, 0.5) is 0 Å². The molecule has 0 amide bonds. The lowest BCUT2D eigenvalue weighted by atomic mass is 10.1. The zero-order chi connectivity index (χ0) is 20.5. The molecule has 0 aliphatic heterocycles. The average molecular weight is 377 g/mol. The van der Waals surface area contributed by atoms with Gasteiger partial charge in [0.25, 0.3) is 0 Å². The van der Waals surface area contributed by atoms with Crippen molar-refractivity contribution in [1.29, 1.82) is 5.41 Å². The van der Waals surface area contributed by atoms with Crippen LogP contribution >= 0.6 is 0 Å². The van der Waals surface area contributed by atoms with Crippen LogP contribution in [0.3, 0.4) is 0 Å². The summed E-state index contributed by atoms with van der Waals surface area (Å²) in [6, 6.07) is 9.56. The van der Waals surface area contributed by atoms with E-state index in [2.05, 4.69) is 23.5 Å². The second-order valence-electron chi connectivity index (χ2n) is 6.55. The first kappa shape index (κ1) is 21.3. The number of pyridine rings is 1. The van der Waals surface area contributed by atoms with Gasteiger partial charge in [-0.2, -0.15) is 0 Å². The summed E-state index contributed by atoms with van der Waals surface area (Å²) >= 11 is 0. The third-order valence-corrected chi connectivity index (χ3v) is 4.20. The molecule has 5 nitrogen and oxygen atoms in total. The highest BCUT2D eigenvalue weighted by Crippen LogP contribution is 2.31. The Morgan fingerprint density at radius 2 is 2.07 bits per heavy atom. The van der Waals surface area contributed by atoms with Crippen LogP contribution in [0.2, 0.25) is 0 Å². The highest BCUT2D eigenvalue weighted by atomic mass is 16.5. The van der Waals surface area contributed by atoms with Crippen LogP contribution < -0.4 is 10.5 Å². The van der Waals surface area contributed by atoms with Crippen LogP contribution in [-0.2, 0) is 6.42 Å². The fourth-order valence-corrected chi connectivity index (χ4v) is 2.64. The van der Waals surface area contributed by atoms with Crippen LogP contribution in [-0.4, -0.2) is 23.5 Å². The highest BCUT2D eigenvalue weighted by Gasteiger charge is 2.10. The summed E-state index contributed by atoms with van der Waals surface area (Å²) in [7, 11) is 0. The van der Waals surface area contributed by atoms with Gasteiger partial charge in [0.05, 0.1) is 5.69 Å². The van der Waals surface area contributed by atoms with Crippen molar-refractivity contribution in [3.63, 3.8) is 0 Å². The molecule has 5 heteroatoms. The molecule has 2 rings (SSSR count). The fraction of sp³-hybridized carbons (Fsp3) is 0.261. The van der Waals surface area contributed by atoms with E-state index in [1.807, 2.05) is 50.4 Å². The molecule has 3 N–H and O–H groups in total. The molecule has 0 aliphatic carbocycles. The molecule has 0 saturated carbocycles. The molecule has 0 atom stereocenters. The van der Waals surface area contributed by atoms with Crippen molar-refractivity contribution in [2.45, 2.75) is 33.6 Å². The SMILES string of the molecule is C=C(/C=C(/C)N=C(C)CC)Oc1cc(C=N)ccc1-c1ccc(CCN)cn1. The van der Waals surface area contributed by atoms with Crippen LogP contribution in [0.15, 0.2) is 65.6 Å². The van der Waals surface area contributed by atoms with E-state index < -0.39 is 0 Å². The summed E-state index contributed by atoms with van der Waals surface area (Å²) in [6.07, 6.45) is 6.61. The summed E-state index contributed by atoms with van der Waals surface area (Å²) in [6.45, 7) is 10.6. The number of allylic oxidation sites excluding steroid dienone is 2. The number of benzene rings is 1. The van der Waals surface area contributed by atoms with E-state index in [0.717, 1.165) is 46.6 Å². The zero-order valence-electron chi connectivity index (χ0n) is 16.8. The van der Waals surface area contributed by atoms with Crippen molar-refractivity contribution in [2.24, 2.45) is 10.7 Å². The van der Waals surface area contributed by atoms with E-state index in [4.69, 9.17) is 15.9 Å². The number of hydrogen-bond donors (Lipinski definition) is 2. The van der Waals surface area contributed by atoms with E-state index in [0.29, 0.717) is 18.1 Å². The fourth-order valence-electron chi connectivity index (χ4n) is 2.64. The predicted octanol–water partition coefficient (Wildman–Crippen LogP) is 4.91. The van der Waals surface area contributed by atoms with Gasteiger partial charge in [-0.25, -0.2) is 0 Å². The molecule has 0 bridgehead atoms. The van der Waals surface area contributed by atoms with Crippen LogP contribution in [0.5, 0.6) is 5.75 Å². The molecule has 1 heterocycles. The minimum atomic E-state index is 0.480. The van der Waals surface area contributed by atoms with Gasteiger partial charge in [-0.05, 0) is 62.6 Å². The standard InChI is InChI=1S/C23H28N4O/c1-5-16(2)27-17(3)12-18(4)28-23-13-20(14-25)6-8-21(23)22-9-7-19(10-11-24)15-26-22/h6-9,12-15,25H,4-5,10-11,24H2,1-3H3/b17-12-,25-14?,27-16?. The number of hydrogen-bond acceptors (Lipinski definition) is 5. The van der Waals surface area contributed by atoms with Crippen molar-refractivity contribution < 1.29 is 4.74 Å². The number of aliphatic imine (C=N–C) groups is 1. The zero-order valence-corrected chi connectivity index (χ0v) is 16.8. The van der Waals surface area contributed by atoms with Gasteiger partial charge in [0, 0.05) is 35.5 Å². The van der Waals surface area contributed by atoms with Gasteiger partial charge in [0.2, 0.25) is 0 Å². The van der Waals surface area contributed by atoms with Crippen LogP contribution in [0.25, 0.3) is 11.3 Å². The number of aromatic nitrogens is 1. The monoisotopic (exact) mass is 376 g/mol. The summed E-state index contributed by atoms with van der Waals surface area (Å²) in [5.41, 5.74) is 11.0. The van der Waals surface area contributed by atoms with E-state index in [-0.39, 0.29) is 0 Å². The number of rotatable bonds is 9. The lowest BCUT2D eigenvalue weighted by molar-refractivity contribution is 0.447. The molecule has 2 aromatic rings. The van der Waals surface area contributed by atoms with Gasteiger partial charge in [0.1, 0.15) is 11.5 Å². The minimum Gasteiger partial charge on any atom is -0.457 e. The predicted molar refractivity (Wildman–Crippen MR) is 117 cm³/mol. The maximum absolute atomic E-state index is 7.52. The average Bonchev–Trinajstić information content (AvgIpc) is 2.68. The lowest BCUT2D eigenvalue weighted by Crippen LogP contribution is -2.03. The second-order valence-corrected chi connectivity index (χ2v) is 6.55. The van der Waals surface area contributed by atoms with Gasteiger partial charge in [-0.1, -0.05) is 25.6 Å². The normalized spacial score (nSPS) is 12.0. The molecule has 1 aromatic heterocycles. The number of nitrogens with two attached hydrogens (primary N) is 1. The Morgan fingerprint density at radius 3 is 2.68 bits per heavy atom. The van der Waals surface area contributed by atoms with Crippen molar-refractivity contribution in [2.75, 3.05) is 6.54 Å². The largest absolute Gasteiger partial charge is 0.457 e. The molecular weight excluding hydrogens is 348 g/mol. The Morgan fingerprint density at radius 1 is 1.29 bits per heavy atom. The third kappa shape index (κ3) is 5.99. The quantitative estimate of drug-likeness (QED) is 0.370. The third-order valence-electron chi connectivity index (χ3n) is 4.20. The topological polar surface area (TPSA) is 84.3 Å². The van der Waals surface area contributed by atoms with E-state index >= 15 is 0 Å². The van der Waals surface area contributed by atoms with Gasteiger partial charge < -0.3 is 15.9 Å². The number of nitrogens with one attached hydrogen (secondary N) is 1. The number of ether oxygens (including phenoxy) is 1. The van der Waals surface area contributed by atoms with Crippen LogP contribution in [0, 0.1) is 5.41 Å². The Bertz CT molecular complexity index is 895. The molecule has 0 unspecified atom stereocenters. The van der Waals surface area contributed by atoms with Gasteiger partial charge in [-0.15, -0.1) is 0 Å². The molecule has 1 aromatic carbocycles. The maximum Gasteiger partial charge on any atom is 0.137 e. The van der Waals surface area contributed by atoms with E-state index in [1.54, 1.807) is 6.08 Å². The Kier molecular flexibility index (Phi) is 7.84. The van der Waals surface area contributed by atoms with E-state index in [9.17, 15) is 0 Å². The van der Waals surface area contributed by atoms with E-state index in [1.165, 1.54) is 6.21 Å². The Labute approximate surface area is 167 Å². The van der Waals surface area contributed by atoms with Gasteiger partial charge in [-0.3, -0.25) is 9.98 Å². The molecule has 0 fully saturated rings. The van der Waals surface area contributed by atoms with Gasteiger partial charge >= 0.3 is 0 Å². The van der Waals surface area contributed by atoms with Crippen molar-refractivity contribution >= 4 is 11.9 Å². The molecule has 0 radical (unpaired) electrons. The summed E-state index contributed by atoms with van der Waals surface area (Å²) < 4.78 is 6.00. The van der Waals surface area contributed by atoms with Crippen molar-refractivity contribution in [3.8, 4) is 17.0 Å². The summed E-state index contributed by atoms with van der Waals surface area (Å²) in [4.78, 5) is 9.04. The first-order valence-electron chi connectivity index (χ1n) is 9.36. The maximum atomic E-state index is 7.52. The first-order chi connectivity index (χ1) is 13.5. The molecular formula is C23H28N4O. The van der Waals surface area contributed by atoms with Crippen molar-refractivity contribution in [1.82, 2.24) is 4.98 Å². The van der Waals surface area contributed by atoms with Crippen molar-refractivity contribution in [3.05, 3.63) is 71.8 Å². The summed E-state index contributed by atoms with van der Waals surface area (Å²) in [5.74, 6) is 1.08. The van der Waals surface area contributed by atoms with Gasteiger partial charge in [0.15, 0.2) is 0 Å². The lowest BCUT2D eigenvalue weighted by Gasteiger charge is -2.12. The Hall–Kier alpha value is -3.05. The second kappa shape index (κ2) is 10.3. The molecule has 28 heavy (non-hydrogen) atoms. The minimum absolute atomic E-state index is 0.480. The molecule has 146 valence electrons. The molecule has 0 spiro atoms. The first-order valence-corrected chi connectivity index (χ1v) is 9.36. The smallest absolute Gasteiger partial charge is 0.137 e.